The zero-order chi connectivity index (χ0) is 23.4. The lowest BCUT2D eigenvalue weighted by atomic mass is 9.96. The highest BCUT2D eigenvalue weighted by molar-refractivity contribution is 7.92. The Morgan fingerprint density at radius 2 is 1.36 bits per heavy atom. The monoisotopic (exact) mass is 470 g/mol. The normalized spacial score (nSPS) is 17.1. The number of hydrogen-bond acceptors (Lipinski definition) is 4. The average Bonchev–Trinajstić information content (AvgIpc) is 3.35. The number of piperidine rings is 1. The molecule has 2 saturated heterocycles. The van der Waals surface area contributed by atoms with Gasteiger partial charge >= 0.3 is 6.03 Å². The largest absolute Gasteiger partial charge is 0.326 e. The lowest BCUT2D eigenvalue weighted by Gasteiger charge is -2.34. The van der Waals surface area contributed by atoms with Crippen LogP contribution in [0.15, 0.2) is 53.4 Å². The smallest absolute Gasteiger partial charge is 0.319 e. The van der Waals surface area contributed by atoms with Crippen molar-refractivity contribution < 1.29 is 18.0 Å². The van der Waals surface area contributed by atoms with E-state index in [-0.39, 0.29) is 22.8 Å². The molecule has 0 aromatic heterocycles. The standard InChI is InChI=1S/C24H30N4O4S/c1-18-4-10-22(11-5-18)33(31,32)26-21-8-6-20(7-9-21)25-23(29)19-12-16-28(17-13-19)24(30)27-14-2-3-15-27/h4-11,19,26H,2-3,12-17H2,1H3,(H,25,29). The van der Waals surface area contributed by atoms with Crippen LogP contribution in [0.2, 0.25) is 0 Å². The molecule has 0 unspecified atom stereocenters. The maximum Gasteiger partial charge on any atom is 0.319 e. The van der Waals surface area contributed by atoms with Crippen LogP contribution in [-0.4, -0.2) is 56.3 Å². The van der Waals surface area contributed by atoms with Crippen LogP contribution < -0.4 is 10.0 Å². The van der Waals surface area contributed by atoms with Gasteiger partial charge in [0.2, 0.25) is 5.91 Å². The summed E-state index contributed by atoms with van der Waals surface area (Å²) in [4.78, 5) is 29.1. The number of carbonyl (C=O) groups excluding carboxylic acids is 2. The summed E-state index contributed by atoms with van der Waals surface area (Å²) in [5.74, 6) is -0.219. The molecule has 8 nitrogen and oxygen atoms in total. The summed E-state index contributed by atoms with van der Waals surface area (Å²) < 4.78 is 27.6. The highest BCUT2D eigenvalue weighted by atomic mass is 32.2. The van der Waals surface area contributed by atoms with Crippen molar-refractivity contribution in [2.45, 2.75) is 37.5 Å². The molecule has 2 aromatic carbocycles. The number of benzene rings is 2. The molecule has 2 aliphatic heterocycles. The molecule has 2 fully saturated rings. The highest BCUT2D eigenvalue weighted by Crippen LogP contribution is 2.23. The van der Waals surface area contributed by atoms with E-state index in [1.807, 2.05) is 16.7 Å². The van der Waals surface area contributed by atoms with Gasteiger partial charge < -0.3 is 15.1 Å². The second-order valence-corrected chi connectivity index (χ2v) is 10.4. The van der Waals surface area contributed by atoms with Gasteiger partial charge in [0, 0.05) is 43.5 Å². The summed E-state index contributed by atoms with van der Waals surface area (Å²) >= 11 is 0. The second kappa shape index (κ2) is 9.82. The molecule has 33 heavy (non-hydrogen) atoms. The molecule has 2 heterocycles. The third kappa shape index (κ3) is 5.65. The van der Waals surface area contributed by atoms with Gasteiger partial charge in [-0.2, -0.15) is 0 Å². The quantitative estimate of drug-likeness (QED) is 0.697. The Bertz CT molecular complexity index is 1090. The van der Waals surface area contributed by atoms with Crippen molar-refractivity contribution in [2.24, 2.45) is 5.92 Å². The third-order valence-electron chi connectivity index (χ3n) is 6.25. The molecule has 2 N–H and O–H groups in total. The van der Waals surface area contributed by atoms with Gasteiger partial charge in [-0.3, -0.25) is 9.52 Å². The van der Waals surface area contributed by atoms with E-state index in [4.69, 9.17) is 0 Å². The molecule has 2 aromatic rings. The number of hydrogen-bond donors (Lipinski definition) is 2. The van der Waals surface area contributed by atoms with Crippen LogP contribution >= 0.6 is 0 Å². The van der Waals surface area contributed by atoms with Gasteiger partial charge in [0.15, 0.2) is 0 Å². The maximum atomic E-state index is 12.7. The number of likely N-dealkylation sites (tertiary alicyclic amines) is 2. The lowest BCUT2D eigenvalue weighted by Crippen LogP contribution is -2.47. The van der Waals surface area contributed by atoms with E-state index in [9.17, 15) is 18.0 Å². The van der Waals surface area contributed by atoms with Gasteiger partial charge in [-0.05, 0) is 69.0 Å². The lowest BCUT2D eigenvalue weighted by molar-refractivity contribution is -0.121. The molecule has 0 bridgehead atoms. The number of carbonyl (C=O) groups is 2. The molecule has 9 heteroatoms. The summed E-state index contributed by atoms with van der Waals surface area (Å²) in [7, 11) is -3.67. The SMILES string of the molecule is Cc1ccc(S(=O)(=O)Nc2ccc(NC(=O)C3CCN(C(=O)N4CCCC4)CC3)cc2)cc1. The van der Waals surface area contributed by atoms with E-state index in [1.165, 1.54) is 0 Å². The summed E-state index contributed by atoms with van der Waals surface area (Å²) in [6.07, 6.45) is 3.41. The number of sulfonamides is 1. The van der Waals surface area contributed by atoms with Crippen molar-refractivity contribution in [1.29, 1.82) is 0 Å². The van der Waals surface area contributed by atoms with Crippen molar-refractivity contribution in [3.8, 4) is 0 Å². The molecular formula is C24H30N4O4S. The molecule has 4 rings (SSSR count). The number of urea groups is 1. The fourth-order valence-corrected chi connectivity index (χ4v) is 5.30. The van der Waals surface area contributed by atoms with Crippen molar-refractivity contribution >= 4 is 33.3 Å². The first-order valence-corrected chi connectivity index (χ1v) is 12.8. The van der Waals surface area contributed by atoms with Gasteiger partial charge in [0.05, 0.1) is 4.90 Å². The molecule has 3 amide bonds. The van der Waals surface area contributed by atoms with E-state index in [0.717, 1.165) is 31.5 Å². The fourth-order valence-electron chi connectivity index (χ4n) is 4.24. The number of rotatable bonds is 5. The first-order valence-electron chi connectivity index (χ1n) is 11.4. The molecular weight excluding hydrogens is 440 g/mol. The number of nitrogens with zero attached hydrogens (tertiary/aromatic N) is 2. The van der Waals surface area contributed by atoms with Crippen LogP contribution in [0.3, 0.4) is 0 Å². The van der Waals surface area contributed by atoms with Gasteiger partial charge in [-0.15, -0.1) is 0 Å². The van der Waals surface area contributed by atoms with Gasteiger partial charge in [-0.25, -0.2) is 13.2 Å². The topological polar surface area (TPSA) is 98.8 Å². The minimum Gasteiger partial charge on any atom is -0.326 e. The van der Waals surface area contributed by atoms with Crippen LogP contribution in [0.1, 0.15) is 31.2 Å². The van der Waals surface area contributed by atoms with Crippen molar-refractivity contribution in [1.82, 2.24) is 9.80 Å². The number of nitrogens with one attached hydrogen (secondary N) is 2. The second-order valence-electron chi connectivity index (χ2n) is 8.72. The molecule has 0 radical (unpaired) electrons. The average molecular weight is 471 g/mol. The van der Waals surface area contributed by atoms with E-state index in [2.05, 4.69) is 10.0 Å². The van der Waals surface area contributed by atoms with E-state index < -0.39 is 10.0 Å². The number of anilines is 2. The van der Waals surface area contributed by atoms with Crippen molar-refractivity contribution in [3.63, 3.8) is 0 Å². The van der Waals surface area contributed by atoms with E-state index in [1.54, 1.807) is 48.5 Å². The molecule has 2 aliphatic rings. The third-order valence-corrected chi connectivity index (χ3v) is 7.65. The van der Waals surface area contributed by atoms with Gasteiger partial charge in [0.25, 0.3) is 10.0 Å². The van der Waals surface area contributed by atoms with Crippen LogP contribution in [0.25, 0.3) is 0 Å². The highest BCUT2D eigenvalue weighted by Gasteiger charge is 2.30. The Labute approximate surface area is 195 Å². The zero-order valence-corrected chi connectivity index (χ0v) is 19.6. The Balaban J connectivity index is 1.28. The minimum atomic E-state index is -3.67. The van der Waals surface area contributed by atoms with Gasteiger partial charge in [-0.1, -0.05) is 17.7 Å². The van der Waals surface area contributed by atoms with Gasteiger partial charge in [0.1, 0.15) is 0 Å². The fraction of sp³-hybridized carbons (Fsp3) is 0.417. The number of amides is 3. The van der Waals surface area contributed by atoms with Crippen molar-refractivity contribution in [2.75, 3.05) is 36.2 Å². The maximum absolute atomic E-state index is 12.7. The van der Waals surface area contributed by atoms with Crippen LogP contribution in [0.5, 0.6) is 0 Å². The Morgan fingerprint density at radius 3 is 1.97 bits per heavy atom. The molecule has 0 spiro atoms. The molecule has 176 valence electrons. The summed E-state index contributed by atoms with van der Waals surface area (Å²) in [6.45, 7) is 4.74. The first-order chi connectivity index (χ1) is 15.8. The first kappa shape index (κ1) is 23.1. The number of aryl methyl sites for hydroxylation is 1. The molecule has 0 saturated carbocycles. The molecule has 0 aliphatic carbocycles. The predicted octanol–water partition coefficient (Wildman–Crippen LogP) is 3.66. The van der Waals surface area contributed by atoms with E-state index in [0.29, 0.717) is 37.3 Å². The van der Waals surface area contributed by atoms with Crippen molar-refractivity contribution in [3.05, 3.63) is 54.1 Å². The Kier molecular flexibility index (Phi) is 6.88. The summed E-state index contributed by atoms with van der Waals surface area (Å²) in [5, 5.41) is 2.91. The zero-order valence-electron chi connectivity index (χ0n) is 18.8. The summed E-state index contributed by atoms with van der Waals surface area (Å²) in [5.41, 5.74) is 2.01. The van der Waals surface area contributed by atoms with Crippen LogP contribution in [0.4, 0.5) is 16.2 Å². The molecule has 0 atom stereocenters. The predicted molar refractivity (Wildman–Crippen MR) is 128 cm³/mol. The Morgan fingerprint density at radius 1 is 0.818 bits per heavy atom. The summed E-state index contributed by atoms with van der Waals surface area (Å²) in [6, 6.07) is 13.3. The van der Waals surface area contributed by atoms with Crippen LogP contribution in [0, 0.1) is 12.8 Å². The minimum absolute atomic E-state index is 0.0729. The Hall–Kier alpha value is -3.07. The van der Waals surface area contributed by atoms with Crippen LogP contribution in [-0.2, 0) is 14.8 Å². The van der Waals surface area contributed by atoms with E-state index >= 15 is 0 Å².